The number of nitrogens with two attached hydrogens (primary N) is 1. The highest BCUT2D eigenvalue weighted by Gasteiger charge is 2.19. The second-order valence-electron chi connectivity index (χ2n) is 5.08. The third-order valence-electron chi connectivity index (χ3n) is 3.31. The highest BCUT2D eigenvalue weighted by molar-refractivity contribution is 5.67. The summed E-state index contributed by atoms with van der Waals surface area (Å²) in [6, 6.07) is 12.4. The number of ether oxygens (including phenoxy) is 1. The number of aromatic nitrogens is 1. The zero-order valence-electron chi connectivity index (χ0n) is 12.9. The first-order valence-electron chi connectivity index (χ1n) is 7.33. The quantitative estimate of drug-likeness (QED) is 0.372. The van der Waals surface area contributed by atoms with Gasteiger partial charge in [-0.1, -0.05) is 36.4 Å². The summed E-state index contributed by atoms with van der Waals surface area (Å²) in [4.78, 5) is 15.5. The number of nitrogen functional groups attached to an aromatic ring is 1. The Morgan fingerprint density at radius 2 is 1.96 bits per heavy atom. The van der Waals surface area contributed by atoms with E-state index in [1.54, 1.807) is 12.1 Å². The monoisotopic (exact) mass is 332 g/mol. The number of anilines is 1. The molecule has 0 fully saturated rings. The van der Waals surface area contributed by atoms with Gasteiger partial charge in [0.1, 0.15) is 24.6 Å². The molecule has 0 spiro atoms. The van der Waals surface area contributed by atoms with Crippen LogP contribution in [0.3, 0.4) is 0 Å². The number of hydrogen-bond donors (Lipinski definition) is 5. The lowest BCUT2D eigenvalue weighted by atomic mass is 10.1. The molecule has 24 heavy (non-hydrogen) atoms. The predicted octanol–water partition coefficient (Wildman–Crippen LogP) is 0.688. The number of nitrogens with zero attached hydrogens (tertiary/aromatic N) is 1. The van der Waals surface area contributed by atoms with Crippen LogP contribution in [0, 0.1) is 0 Å². The Morgan fingerprint density at radius 3 is 2.58 bits per heavy atom. The Labute approximate surface area is 139 Å². The van der Waals surface area contributed by atoms with Crippen LogP contribution in [-0.4, -0.2) is 33.9 Å². The molecule has 6 N–H and O–H groups in total. The van der Waals surface area contributed by atoms with Crippen LogP contribution in [0.15, 0.2) is 48.7 Å². The maximum absolute atomic E-state index is 11.6. The van der Waals surface area contributed by atoms with Crippen molar-refractivity contribution in [2.45, 2.75) is 18.8 Å². The predicted molar refractivity (Wildman–Crippen MR) is 87.6 cm³/mol. The number of alkyl carbamates (subject to hydrolysis) is 1. The molecule has 2 unspecified atom stereocenters. The number of hydrogen-bond acceptors (Lipinski definition) is 7. The van der Waals surface area contributed by atoms with Crippen LogP contribution in [0.4, 0.5) is 10.6 Å². The van der Waals surface area contributed by atoms with Crippen LogP contribution in [0.5, 0.6) is 0 Å². The van der Waals surface area contributed by atoms with Gasteiger partial charge in [-0.2, -0.15) is 0 Å². The summed E-state index contributed by atoms with van der Waals surface area (Å²) >= 11 is 0. The minimum absolute atomic E-state index is 0.128. The lowest BCUT2D eigenvalue weighted by molar-refractivity contribution is 0.0182. The van der Waals surface area contributed by atoms with Crippen LogP contribution < -0.4 is 16.6 Å². The molecule has 2 rings (SSSR count). The molecule has 1 heterocycles. The molecule has 2 aromatic rings. The number of nitrogens with one attached hydrogen (secondary N) is 2. The SMILES string of the molecule is NNc1ccc(C(O)C(O)CNC(=O)OCc2ccccc2)cn1. The molecule has 1 amide bonds. The van der Waals surface area contributed by atoms with Crippen LogP contribution in [0.2, 0.25) is 0 Å². The van der Waals surface area contributed by atoms with Crippen molar-refractivity contribution in [1.29, 1.82) is 0 Å². The fraction of sp³-hybridized carbons (Fsp3) is 0.250. The lowest BCUT2D eigenvalue weighted by Gasteiger charge is -2.18. The molecule has 8 nitrogen and oxygen atoms in total. The summed E-state index contributed by atoms with van der Waals surface area (Å²) in [5.74, 6) is 5.63. The van der Waals surface area contributed by atoms with Crippen molar-refractivity contribution in [1.82, 2.24) is 10.3 Å². The molecule has 0 aliphatic carbocycles. The summed E-state index contributed by atoms with van der Waals surface area (Å²) in [5, 5.41) is 22.4. The number of pyridine rings is 1. The van der Waals surface area contributed by atoms with Crippen LogP contribution in [-0.2, 0) is 11.3 Å². The van der Waals surface area contributed by atoms with E-state index in [0.29, 0.717) is 11.4 Å². The van der Waals surface area contributed by atoms with Crippen molar-refractivity contribution in [2.75, 3.05) is 12.0 Å². The maximum Gasteiger partial charge on any atom is 0.407 e. The normalized spacial score (nSPS) is 13.0. The van der Waals surface area contributed by atoms with E-state index in [-0.39, 0.29) is 13.2 Å². The van der Waals surface area contributed by atoms with Crippen molar-refractivity contribution in [3.05, 3.63) is 59.8 Å². The van der Waals surface area contributed by atoms with E-state index >= 15 is 0 Å². The average Bonchev–Trinajstić information content (AvgIpc) is 2.64. The van der Waals surface area contributed by atoms with E-state index in [4.69, 9.17) is 10.6 Å². The molecule has 1 aromatic heterocycles. The fourth-order valence-electron chi connectivity index (χ4n) is 1.96. The van der Waals surface area contributed by atoms with Gasteiger partial charge < -0.3 is 25.7 Å². The van der Waals surface area contributed by atoms with E-state index < -0.39 is 18.3 Å². The number of carbonyl (C=O) groups is 1. The van der Waals surface area contributed by atoms with Crippen molar-refractivity contribution >= 4 is 11.9 Å². The molecule has 0 bridgehead atoms. The summed E-state index contributed by atoms with van der Waals surface area (Å²) in [6.07, 6.45) is -1.69. The zero-order valence-corrected chi connectivity index (χ0v) is 12.9. The second-order valence-corrected chi connectivity index (χ2v) is 5.08. The number of hydrazine groups is 1. The summed E-state index contributed by atoms with van der Waals surface area (Å²) < 4.78 is 5.02. The molecule has 1 aromatic carbocycles. The molecule has 0 saturated heterocycles. The molecule has 0 saturated carbocycles. The molecule has 128 valence electrons. The maximum atomic E-state index is 11.6. The van der Waals surface area contributed by atoms with Crippen LogP contribution >= 0.6 is 0 Å². The molecule has 2 atom stereocenters. The fourth-order valence-corrected chi connectivity index (χ4v) is 1.96. The van der Waals surface area contributed by atoms with E-state index in [1.165, 1.54) is 6.20 Å². The van der Waals surface area contributed by atoms with Crippen molar-refractivity contribution in [3.63, 3.8) is 0 Å². The molecule has 8 heteroatoms. The number of aliphatic hydroxyl groups is 2. The summed E-state index contributed by atoms with van der Waals surface area (Å²) in [6.45, 7) is -0.0333. The van der Waals surface area contributed by atoms with Gasteiger partial charge in [-0.15, -0.1) is 0 Å². The molecule has 0 aliphatic rings. The third-order valence-corrected chi connectivity index (χ3v) is 3.31. The summed E-state index contributed by atoms with van der Waals surface area (Å²) in [7, 11) is 0. The summed E-state index contributed by atoms with van der Waals surface area (Å²) in [5.41, 5.74) is 3.62. The number of amides is 1. The Balaban J connectivity index is 1.76. The zero-order chi connectivity index (χ0) is 17.4. The number of aliphatic hydroxyl groups excluding tert-OH is 2. The Hall–Kier alpha value is -2.68. The highest BCUT2D eigenvalue weighted by atomic mass is 16.5. The first kappa shape index (κ1) is 17.7. The minimum Gasteiger partial charge on any atom is -0.445 e. The van der Waals surface area contributed by atoms with Crippen molar-refractivity contribution < 1.29 is 19.7 Å². The molecular formula is C16H20N4O4. The number of rotatable bonds is 7. The first-order chi connectivity index (χ1) is 11.6. The molecule has 0 aliphatic heterocycles. The molecule has 0 radical (unpaired) electrons. The van der Waals surface area contributed by atoms with Gasteiger partial charge in [0.2, 0.25) is 0 Å². The van der Waals surface area contributed by atoms with E-state index in [9.17, 15) is 15.0 Å². The van der Waals surface area contributed by atoms with Gasteiger partial charge in [0.15, 0.2) is 0 Å². The van der Waals surface area contributed by atoms with Gasteiger partial charge in [-0.05, 0) is 11.6 Å². The Bertz CT molecular complexity index is 636. The highest BCUT2D eigenvalue weighted by Crippen LogP contribution is 2.16. The van der Waals surface area contributed by atoms with Gasteiger partial charge in [0.25, 0.3) is 0 Å². The Morgan fingerprint density at radius 1 is 1.21 bits per heavy atom. The van der Waals surface area contributed by atoms with E-state index in [2.05, 4.69) is 15.7 Å². The van der Waals surface area contributed by atoms with Gasteiger partial charge in [0.05, 0.1) is 0 Å². The van der Waals surface area contributed by atoms with E-state index in [0.717, 1.165) is 5.56 Å². The smallest absolute Gasteiger partial charge is 0.407 e. The van der Waals surface area contributed by atoms with Gasteiger partial charge in [0, 0.05) is 18.3 Å². The minimum atomic E-state index is -1.20. The Kier molecular flexibility index (Phi) is 6.50. The van der Waals surface area contributed by atoms with Crippen LogP contribution in [0.25, 0.3) is 0 Å². The van der Waals surface area contributed by atoms with Gasteiger partial charge in [-0.25, -0.2) is 15.6 Å². The molecular weight excluding hydrogens is 312 g/mol. The first-order valence-corrected chi connectivity index (χ1v) is 7.33. The van der Waals surface area contributed by atoms with Crippen LogP contribution in [0.1, 0.15) is 17.2 Å². The number of benzene rings is 1. The van der Waals surface area contributed by atoms with E-state index in [1.807, 2.05) is 30.3 Å². The number of carbonyl (C=O) groups excluding carboxylic acids is 1. The van der Waals surface area contributed by atoms with Crippen molar-refractivity contribution in [2.24, 2.45) is 5.84 Å². The van der Waals surface area contributed by atoms with Gasteiger partial charge >= 0.3 is 6.09 Å². The second kappa shape index (κ2) is 8.82. The van der Waals surface area contributed by atoms with Gasteiger partial charge in [-0.3, -0.25) is 0 Å². The standard InChI is InChI=1S/C16H20N4O4/c17-20-14-7-6-12(8-18-14)15(22)13(21)9-19-16(23)24-10-11-4-2-1-3-5-11/h1-8,13,15,21-22H,9-10,17H2,(H,18,20)(H,19,23). The largest absolute Gasteiger partial charge is 0.445 e. The average molecular weight is 332 g/mol. The van der Waals surface area contributed by atoms with Crippen molar-refractivity contribution in [3.8, 4) is 0 Å². The lowest BCUT2D eigenvalue weighted by Crippen LogP contribution is -2.35. The third kappa shape index (κ3) is 5.20. The topological polar surface area (TPSA) is 130 Å².